The predicted molar refractivity (Wildman–Crippen MR) is 92.0 cm³/mol. The Balaban J connectivity index is 1.66. The van der Waals surface area contributed by atoms with Gasteiger partial charge in [0.1, 0.15) is 0 Å². The van der Waals surface area contributed by atoms with Crippen molar-refractivity contribution >= 4 is 0 Å². The number of aryl methyl sites for hydroxylation is 1. The van der Waals surface area contributed by atoms with Crippen molar-refractivity contribution in [2.45, 2.75) is 58.3 Å². The van der Waals surface area contributed by atoms with Gasteiger partial charge < -0.3 is 0 Å². The summed E-state index contributed by atoms with van der Waals surface area (Å²) in [5.41, 5.74) is 1.51. The molecule has 0 aliphatic heterocycles. The maximum absolute atomic E-state index is 2.34. The van der Waals surface area contributed by atoms with Crippen LogP contribution >= 0.6 is 0 Å². The summed E-state index contributed by atoms with van der Waals surface area (Å²) in [4.78, 5) is 0. The third-order valence-electron chi connectivity index (χ3n) is 3.93. The van der Waals surface area contributed by atoms with Gasteiger partial charge in [0, 0.05) is 0 Å². The topological polar surface area (TPSA) is 0 Å². The Morgan fingerprint density at radius 2 is 1.23 bits per heavy atom. The monoisotopic (exact) mass is 407 g/mol. The lowest BCUT2D eigenvalue weighted by molar-refractivity contribution is -0.597. The molecule has 2 rings (SSSR count). The Morgan fingerprint density at radius 1 is 0.636 bits per heavy atom. The highest BCUT2D eigenvalue weighted by Crippen LogP contribution is 2.10. The number of hydrogen-bond donors (Lipinski definition) is 0. The molecule has 1 heteroatoms. The van der Waals surface area contributed by atoms with Crippen LogP contribution in [0.4, 0.5) is 0 Å². The summed E-state index contributed by atoms with van der Waals surface area (Å²) >= 11 is -0.00998. The van der Waals surface area contributed by atoms with Crippen LogP contribution in [0.3, 0.4) is 0 Å². The van der Waals surface area contributed by atoms with Crippen LogP contribution in [0.2, 0.25) is 0 Å². The highest BCUT2D eigenvalue weighted by molar-refractivity contribution is 5.14. The molecule has 0 unspecified atom stereocenters. The number of unbranched alkanes of at least 4 members (excludes halogenated alkanes) is 6. The highest BCUT2D eigenvalue weighted by atomic mass is 127. The summed E-state index contributed by atoms with van der Waals surface area (Å²) in [6, 6.07) is 20.3. The first-order valence-electron chi connectivity index (χ1n) is 8.67. The van der Waals surface area contributed by atoms with Crippen molar-refractivity contribution in [3.63, 3.8) is 0 Å². The molecule has 2 aromatic rings. The van der Waals surface area contributed by atoms with E-state index in [1.807, 2.05) is 0 Å². The van der Waals surface area contributed by atoms with Crippen LogP contribution in [0.5, 0.6) is 0 Å². The third-order valence-corrected chi connectivity index (χ3v) is 6.62. The molecule has 0 spiro atoms. The van der Waals surface area contributed by atoms with Crippen LogP contribution in [0, 0.1) is 7.14 Å². The maximum Gasteiger partial charge on any atom is 0.357 e. The molecule has 118 valence electrons. The van der Waals surface area contributed by atoms with Gasteiger partial charge in [-0.1, -0.05) is 75.8 Å². The molecule has 0 saturated heterocycles. The van der Waals surface area contributed by atoms with E-state index in [0.29, 0.717) is 0 Å². The average Bonchev–Trinajstić information content (AvgIpc) is 2.56. The molecule has 0 atom stereocenters. The van der Waals surface area contributed by atoms with Gasteiger partial charge in [0.05, 0.1) is 0 Å². The Bertz CT molecular complexity index is 501. The summed E-state index contributed by atoms with van der Waals surface area (Å²) in [5, 5.41) is 0. The molecule has 0 saturated carbocycles. The van der Waals surface area contributed by atoms with E-state index in [1.165, 1.54) is 64.1 Å². The maximum atomic E-state index is 2.34. The lowest BCUT2D eigenvalue weighted by Gasteiger charge is -2.02. The smallest absolute Gasteiger partial charge is 0.0654 e. The van der Waals surface area contributed by atoms with Gasteiger partial charge in [-0.15, -0.1) is 0 Å². The van der Waals surface area contributed by atoms with E-state index in [-0.39, 0.29) is 21.2 Å². The van der Waals surface area contributed by atoms with Gasteiger partial charge in [0.15, 0.2) is 7.14 Å². The van der Waals surface area contributed by atoms with E-state index in [1.54, 1.807) is 0 Å². The highest BCUT2D eigenvalue weighted by Gasteiger charge is 2.13. The quantitative estimate of drug-likeness (QED) is 0.420. The second-order valence-electron chi connectivity index (χ2n) is 5.89. The molecular weight excluding hydrogens is 379 g/mol. The molecule has 0 bridgehead atoms. The zero-order valence-electron chi connectivity index (χ0n) is 13.7. The van der Waals surface area contributed by atoms with E-state index in [0.717, 1.165) is 0 Å². The fourth-order valence-corrected chi connectivity index (χ4v) is 4.82. The van der Waals surface area contributed by atoms with Gasteiger partial charge in [0.25, 0.3) is 0 Å². The molecule has 0 amide bonds. The molecule has 0 aliphatic carbocycles. The second-order valence-corrected chi connectivity index (χ2v) is 8.92. The molecule has 22 heavy (non-hydrogen) atoms. The van der Waals surface area contributed by atoms with Crippen molar-refractivity contribution in [3.8, 4) is 0 Å². The first-order chi connectivity index (χ1) is 10.9. The fraction of sp³-hybridized carbons (Fsp3) is 0.429. The molecule has 2 aromatic carbocycles. The predicted octanol–water partition coefficient (Wildman–Crippen LogP) is 3.11. The Labute approximate surface area is 146 Å². The fourth-order valence-electron chi connectivity index (χ4n) is 2.60. The average molecular weight is 407 g/mol. The van der Waals surface area contributed by atoms with Crippen molar-refractivity contribution in [2.24, 2.45) is 0 Å². The summed E-state index contributed by atoms with van der Waals surface area (Å²) < 4.78 is 3.02. The van der Waals surface area contributed by atoms with E-state index >= 15 is 0 Å². The van der Waals surface area contributed by atoms with Crippen LogP contribution in [-0.2, 0) is 6.42 Å². The summed E-state index contributed by atoms with van der Waals surface area (Å²) in [6.45, 7) is 2.28. The lowest BCUT2D eigenvalue weighted by Crippen LogP contribution is -3.61. The van der Waals surface area contributed by atoms with E-state index < -0.39 is 0 Å². The molecule has 0 aromatic heterocycles. The Hall–Kier alpha value is -0.830. The molecule has 0 N–H and O–H groups in total. The summed E-state index contributed by atoms with van der Waals surface area (Å²) in [5.74, 6) is 0. The van der Waals surface area contributed by atoms with Gasteiger partial charge in [-0.05, 0) is 42.7 Å². The van der Waals surface area contributed by atoms with Crippen molar-refractivity contribution < 1.29 is 21.2 Å². The molecule has 0 aliphatic rings. The zero-order valence-corrected chi connectivity index (χ0v) is 15.9. The van der Waals surface area contributed by atoms with E-state index in [2.05, 4.69) is 61.5 Å². The van der Waals surface area contributed by atoms with E-state index in [9.17, 15) is 0 Å². The Kier molecular flexibility index (Phi) is 8.62. The SMILES string of the molecule is CCCCCCCCCc1ccc([I+]c2ccccc2)cc1. The standard InChI is InChI=1S/C21H28I/c1-2-3-4-5-6-7-9-12-19-15-17-21(18-16-19)22-20-13-10-8-11-14-20/h8,10-11,13-18H,2-7,9,12H2,1H3/q+1. The molecular formula is C21H28I+. The normalized spacial score (nSPS) is 10.8. The first kappa shape index (κ1) is 17.5. The number of benzene rings is 2. The van der Waals surface area contributed by atoms with Gasteiger partial charge in [-0.25, -0.2) is 0 Å². The van der Waals surface area contributed by atoms with Crippen molar-refractivity contribution in [3.05, 3.63) is 67.3 Å². The van der Waals surface area contributed by atoms with Gasteiger partial charge in [-0.2, -0.15) is 0 Å². The van der Waals surface area contributed by atoms with Crippen LogP contribution in [0.1, 0.15) is 57.4 Å². The zero-order chi connectivity index (χ0) is 15.5. The molecule has 0 fully saturated rings. The number of rotatable bonds is 10. The van der Waals surface area contributed by atoms with Crippen LogP contribution < -0.4 is 21.2 Å². The molecule has 0 nitrogen and oxygen atoms in total. The molecule has 0 radical (unpaired) electrons. The summed E-state index contributed by atoms with van der Waals surface area (Å²) in [7, 11) is 0. The minimum atomic E-state index is -0.00998. The third kappa shape index (κ3) is 6.95. The van der Waals surface area contributed by atoms with Gasteiger partial charge in [-0.3, -0.25) is 0 Å². The lowest BCUT2D eigenvalue weighted by atomic mass is 10.0. The van der Waals surface area contributed by atoms with Crippen LogP contribution in [-0.4, -0.2) is 0 Å². The first-order valence-corrected chi connectivity index (χ1v) is 10.8. The second kappa shape index (κ2) is 10.8. The molecule has 0 heterocycles. The van der Waals surface area contributed by atoms with E-state index in [4.69, 9.17) is 0 Å². The Morgan fingerprint density at radius 3 is 1.91 bits per heavy atom. The number of hydrogen-bond acceptors (Lipinski definition) is 0. The minimum Gasteiger partial charge on any atom is -0.0654 e. The van der Waals surface area contributed by atoms with Crippen molar-refractivity contribution in [2.75, 3.05) is 0 Å². The summed E-state index contributed by atoms with van der Waals surface area (Å²) in [6.07, 6.45) is 11.0. The largest absolute Gasteiger partial charge is 0.357 e. The number of halogens is 1. The van der Waals surface area contributed by atoms with Gasteiger partial charge in [0.2, 0.25) is 0 Å². The van der Waals surface area contributed by atoms with Crippen LogP contribution in [0.25, 0.3) is 0 Å². The van der Waals surface area contributed by atoms with Crippen molar-refractivity contribution in [1.82, 2.24) is 0 Å². The minimum absolute atomic E-state index is 0.00998. The van der Waals surface area contributed by atoms with Crippen molar-refractivity contribution in [1.29, 1.82) is 0 Å². The van der Waals surface area contributed by atoms with Gasteiger partial charge >= 0.3 is 21.2 Å². The van der Waals surface area contributed by atoms with Crippen LogP contribution in [0.15, 0.2) is 54.6 Å².